The van der Waals surface area contributed by atoms with Crippen LogP contribution in [0.3, 0.4) is 0 Å². The Morgan fingerprint density at radius 1 is 0.765 bits per heavy atom. The highest BCUT2D eigenvalue weighted by atomic mass is 28.4. The maximum Gasteiger partial charge on any atom is 0.241 e. The summed E-state index contributed by atoms with van der Waals surface area (Å²) in [4.78, 5) is 0. The molecule has 0 amide bonds. The maximum atomic E-state index is 7.12. The molecule has 0 spiro atoms. The predicted octanol–water partition coefficient (Wildman–Crippen LogP) is 8.42. The molecule has 4 aliphatic rings. The third-order valence-electron chi connectivity index (χ3n) is 9.56. The van der Waals surface area contributed by atoms with Crippen LogP contribution in [0, 0.1) is 34.5 Å². The summed E-state index contributed by atoms with van der Waals surface area (Å²) in [6, 6.07) is 0. The molecule has 3 fully saturated rings. The number of rotatable bonds is 6. The Labute approximate surface area is 214 Å². The normalized spacial score (nSPS) is 43.0. The Hall–Kier alpha value is 0.111. The van der Waals surface area contributed by atoms with E-state index in [0.717, 1.165) is 11.8 Å². The van der Waals surface area contributed by atoms with Gasteiger partial charge < -0.3 is 13.3 Å². The van der Waals surface area contributed by atoms with Crippen molar-refractivity contribution >= 4 is 25.0 Å². The summed E-state index contributed by atoms with van der Waals surface area (Å²) in [5, 5.41) is 0. The van der Waals surface area contributed by atoms with Gasteiger partial charge in [0.05, 0.1) is 5.76 Å². The van der Waals surface area contributed by atoms with Crippen LogP contribution in [-0.4, -0.2) is 37.2 Å². The second kappa shape index (κ2) is 8.85. The van der Waals surface area contributed by atoms with Crippen molar-refractivity contribution < 1.29 is 13.3 Å². The van der Waals surface area contributed by atoms with E-state index in [4.69, 9.17) is 13.3 Å². The van der Waals surface area contributed by atoms with Crippen LogP contribution in [0.1, 0.15) is 58.8 Å². The third kappa shape index (κ3) is 5.37. The van der Waals surface area contributed by atoms with Crippen molar-refractivity contribution in [2.45, 2.75) is 130 Å². The molecule has 0 aromatic heterocycles. The van der Waals surface area contributed by atoms with Gasteiger partial charge in [0.1, 0.15) is 0 Å². The van der Waals surface area contributed by atoms with Crippen LogP contribution in [0.25, 0.3) is 0 Å². The van der Waals surface area contributed by atoms with Crippen molar-refractivity contribution in [3.63, 3.8) is 0 Å². The third-order valence-corrected chi connectivity index (χ3v) is 12.4. The van der Waals surface area contributed by atoms with Gasteiger partial charge in [-0.3, -0.25) is 0 Å². The zero-order chi connectivity index (χ0) is 25.3. The minimum absolute atomic E-state index is 0.198. The van der Waals surface area contributed by atoms with E-state index in [0.29, 0.717) is 29.5 Å². The maximum absolute atomic E-state index is 7.12. The Balaban J connectivity index is 1.63. The van der Waals surface area contributed by atoms with Crippen molar-refractivity contribution in [2.24, 2.45) is 34.5 Å². The first kappa shape index (κ1) is 27.2. The lowest BCUT2D eigenvalue weighted by Gasteiger charge is -2.63. The molecule has 34 heavy (non-hydrogen) atoms. The van der Waals surface area contributed by atoms with Crippen LogP contribution < -0.4 is 0 Å². The fourth-order valence-electron chi connectivity index (χ4n) is 8.36. The Kier molecular flexibility index (Phi) is 7.07. The van der Waals surface area contributed by atoms with Crippen LogP contribution in [0.15, 0.2) is 11.8 Å². The molecule has 0 aliphatic heterocycles. The van der Waals surface area contributed by atoms with Gasteiger partial charge in [-0.25, -0.2) is 0 Å². The summed E-state index contributed by atoms with van der Waals surface area (Å²) in [5.74, 6) is 4.19. The summed E-state index contributed by atoms with van der Waals surface area (Å²) in [6.07, 6.45) is 12.2. The lowest BCUT2D eigenvalue weighted by atomic mass is 9.44. The highest BCUT2D eigenvalue weighted by Crippen LogP contribution is 2.67. The van der Waals surface area contributed by atoms with Gasteiger partial charge in [-0.15, -0.1) is 0 Å². The van der Waals surface area contributed by atoms with Gasteiger partial charge in [-0.1, -0.05) is 13.8 Å². The lowest BCUT2D eigenvalue weighted by molar-refractivity contribution is -0.162. The van der Waals surface area contributed by atoms with Crippen LogP contribution in [0.4, 0.5) is 0 Å². The van der Waals surface area contributed by atoms with Crippen LogP contribution >= 0.6 is 0 Å². The zero-order valence-electron chi connectivity index (χ0n) is 24.2. The topological polar surface area (TPSA) is 27.7 Å². The average molecular weight is 523 g/mol. The standard InChI is InChI=1S/C28H54O3Si3/c1-27-16-14-21(29-32(3,4)5)18-20(27)19-24(30-33(6,7)8)26-22-12-13-25(31-34(9,10)11)28(22,2)17-15-23(26)27/h13,20-24,26H,12,14-19H2,1-11H3/t20-,21+,22?,23?,24+,26?,27+,28+/m1/s1. The van der Waals surface area contributed by atoms with Gasteiger partial charge in [0.15, 0.2) is 16.6 Å². The lowest BCUT2D eigenvalue weighted by Crippen LogP contribution is -2.60. The van der Waals surface area contributed by atoms with Gasteiger partial charge in [0, 0.05) is 17.6 Å². The minimum Gasteiger partial charge on any atom is -0.547 e. The first-order valence-corrected chi connectivity index (χ1v) is 24.4. The number of hydrogen-bond donors (Lipinski definition) is 0. The first-order valence-electron chi connectivity index (χ1n) is 14.2. The molecular formula is C28H54O3Si3. The average Bonchev–Trinajstić information content (AvgIpc) is 2.95. The van der Waals surface area contributed by atoms with Gasteiger partial charge in [0.2, 0.25) is 8.32 Å². The minimum atomic E-state index is -1.65. The second-order valence-corrected chi connectivity index (χ2v) is 28.9. The SMILES string of the molecule is C[C@]12CCC3C(C1CC=C2O[Si](C)(C)C)[C@@H](O[Si](C)(C)C)C[C@H]1C[C@@H](O[Si](C)(C)C)CC[C@]31C. The van der Waals surface area contributed by atoms with Crippen molar-refractivity contribution in [1.29, 1.82) is 0 Å². The van der Waals surface area contributed by atoms with Crippen molar-refractivity contribution in [3.8, 4) is 0 Å². The van der Waals surface area contributed by atoms with Crippen molar-refractivity contribution in [2.75, 3.05) is 0 Å². The molecule has 196 valence electrons. The smallest absolute Gasteiger partial charge is 0.241 e. The molecule has 0 radical (unpaired) electrons. The highest BCUT2D eigenvalue weighted by molar-refractivity contribution is 6.70. The molecule has 3 saturated carbocycles. The van der Waals surface area contributed by atoms with E-state index in [1.165, 1.54) is 50.7 Å². The van der Waals surface area contributed by atoms with E-state index in [9.17, 15) is 0 Å². The molecule has 0 aromatic carbocycles. The molecular weight excluding hydrogens is 469 g/mol. The van der Waals surface area contributed by atoms with Crippen LogP contribution in [0.5, 0.6) is 0 Å². The number of hydrogen-bond acceptors (Lipinski definition) is 3. The summed E-state index contributed by atoms with van der Waals surface area (Å²) < 4.78 is 20.5. The molecule has 4 aliphatic carbocycles. The van der Waals surface area contributed by atoms with E-state index in [-0.39, 0.29) is 5.41 Å². The predicted molar refractivity (Wildman–Crippen MR) is 151 cm³/mol. The van der Waals surface area contributed by atoms with E-state index in [1.807, 2.05) is 0 Å². The van der Waals surface area contributed by atoms with E-state index < -0.39 is 25.0 Å². The van der Waals surface area contributed by atoms with E-state index in [1.54, 1.807) is 0 Å². The Bertz CT molecular complexity index is 792. The molecule has 0 bridgehead atoms. The summed E-state index contributed by atoms with van der Waals surface area (Å²) in [6.45, 7) is 26.4. The first-order chi connectivity index (χ1) is 15.4. The van der Waals surface area contributed by atoms with E-state index >= 15 is 0 Å². The number of fused-ring (bicyclic) bond motifs is 5. The van der Waals surface area contributed by atoms with Crippen LogP contribution in [-0.2, 0) is 13.3 Å². The summed E-state index contributed by atoms with van der Waals surface area (Å²) >= 11 is 0. The molecule has 0 aromatic rings. The summed E-state index contributed by atoms with van der Waals surface area (Å²) in [5.41, 5.74) is 0.636. The van der Waals surface area contributed by atoms with E-state index in [2.05, 4.69) is 78.8 Å². The molecule has 8 atom stereocenters. The molecule has 6 heteroatoms. The molecule has 0 saturated heterocycles. The molecule has 0 N–H and O–H groups in total. The van der Waals surface area contributed by atoms with Crippen molar-refractivity contribution in [1.82, 2.24) is 0 Å². The fourth-order valence-corrected chi connectivity index (χ4v) is 11.7. The Morgan fingerprint density at radius 2 is 1.41 bits per heavy atom. The molecule has 0 heterocycles. The molecule has 3 nitrogen and oxygen atoms in total. The zero-order valence-corrected chi connectivity index (χ0v) is 27.2. The van der Waals surface area contributed by atoms with Gasteiger partial charge in [-0.2, -0.15) is 0 Å². The quantitative estimate of drug-likeness (QED) is 0.328. The second-order valence-electron chi connectivity index (χ2n) is 15.6. The largest absolute Gasteiger partial charge is 0.547 e. The van der Waals surface area contributed by atoms with Crippen molar-refractivity contribution in [3.05, 3.63) is 11.8 Å². The monoisotopic (exact) mass is 522 g/mol. The van der Waals surface area contributed by atoms with Gasteiger partial charge in [-0.05, 0) is 139 Å². The Morgan fingerprint density at radius 3 is 2.00 bits per heavy atom. The molecule has 3 unspecified atom stereocenters. The van der Waals surface area contributed by atoms with Gasteiger partial charge >= 0.3 is 0 Å². The van der Waals surface area contributed by atoms with Gasteiger partial charge in [0.25, 0.3) is 0 Å². The highest BCUT2D eigenvalue weighted by Gasteiger charge is 2.62. The number of allylic oxidation sites excluding steroid dienone is 2. The fraction of sp³-hybridized carbons (Fsp3) is 0.929. The molecule has 4 rings (SSSR count). The summed E-state index contributed by atoms with van der Waals surface area (Å²) in [7, 11) is -4.78. The van der Waals surface area contributed by atoms with Crippen LogP contribution in [0.2, 0.25) is 58.9 Å².